The first-order valence-corrected chi connectivity index (χ1v) is 7.25. The number of aromatic carboxylic acids is 1. The first-order valence-electron chi connectivity index (χ1n) is 7.25. The number of rotatable bonds is 6. The van der Waals surface area contributed by atoms with E-state index in [4.69, 9.17) is 15.2 Å². The number of nitro groups is 1. The fourth-order valence-corrected chi connectivity index (χ4v) is 2.21. The molecule has 0 fully saturated rings. The molecular weight excluding hydrogens is 386 g/mol. The van der Waals surface area contributed by atoms with Gasteiger partial charge in [0.2, 0.25) is 11.6 Å². The van der Waals surface area contributed by atoms with Crippen molar-refractivity contribution in [3.8, 4) is 17.2 Å². The Hall–Kier alpha value is -3.96. The fourth-order valence-electron chi connectivity index (χ4n) is 2.21. The van der Waals surface area contributed by atoms with Crippen LogP contribution in [0.1, 0.15) is 20.7 Å². The Morgan fingerprint density at radius 2 is 1.75 bits per heavy atom. The molecule has 0 aliphatic carbocycles. The largest absolute Gasteiger partial charge is 0.494 e. The lowest BCUT2D eigenvalue weighted by Crippen LogP contribution is -2.15. The highest BCUT2D eigenvalue weighted by molar-refractivity contribution is 5.97. The number of nitro benzene ring substituents is 1. The zero-order valence-electron chi connectivity index (χ0n) is 14.3. The minimum Gasteiger partial charge on any atom is -0.494 e. The molecule has 28 heavy (non-hydrogen) atoms. The fraction of sp³-hybridized carbons (Fsp3) is 0.125. The molecule has 12 heteroatoms. The van der Waals surface area contributed by atoms with Crippen molar-refractivity contribution in [2.75, 3.05) is 20.0 Å². The van der Waals surface area contributed by atoms with Crippen molar-refractivity contribution in [3.05, 3.63) is 51.1 Å². The van der Waals surface area contributed by atoms with E-state index in [2.05, 4.69) is 4.74 Å². The number of carbonyl (C=O) groups excluding carboxylic acids is 1. The lowest BCUT2D eigenvalue weighted by Gasteiger charge is -2.12. The van der Waals surface area contributed by atoms with Crippen LogP contribution in [0.15, 0.2) is 18.2 Å². The van der Waals surface area contributed by atoms with Gasteiger partial charge < -0.3 is 25.1 Å². The van der Waals surface area contributed by atoms with E-state index >= 15 is 0 Å². The maximum atomic E-state index is 14.6. The second-order valence-corrected chi connectivity index (χ2v) is 5.14. The van der Waals surface area contributed by atoms with Crippen LogP contribution >= 0.6 is 0 Å². The van der Waals surface area contributed by atoms with Gasteiger partial charge in [-0.2, -0.15) is 4.39 Å². The van der Waals surface area contributed by atoms with Gasteiger partial charge in [-0.25, -0.2) is 14.0 Å². The van der Waals surface area contributed by atoms with E-state index in [1.165, 1.54) is 0 Å². The number of hydrogen-bond acceptors (Lipinski definition) is 8. The van der Waals surface area contributed by atoms with Crippen molar-refractivity contribution in [2.45, 2.75) is 0 Å². The molecule has 0 radical (unpaired) electrons. The van der Waals surface area contributed by atoms with E-state index in [9.17, 15) is 33.6 Å². The first kappa shape index (κ1) is 20.4. The van der Waals surface area contributed by atoms with Crippen molar-refractivity contribution >= 4 is 23.3 Å². The Kier molecular flexibility index (Phi) is 5.62. The molecule has 2 aromatic carbocycles. The Morgan fingerprint density at radius 3 is 2.25 bits per heavy atom. The van der Waals surface area contributed by atoms with Gasteiger partial charge in [-0.15, -0.1) is 0 Å². The van der Waals surface area contributed by atoms with Crippen LogP contribution in [0, 0.1) is 21.7 Å². The van der Waals surface area contributed by atoms with Gasteiger partial charge in [0, 0.05) is 6.07 Å². The molecule has 0 unspecified atom stereocenters. The molecule has 0 heterocycles. The molecule has 0 aliphatic rings. The normalized spacial score (nSPS) is 10.3. The van der Waals surface area contributed by atoms with Gasteiger partial charge in [-0.05, 0) is 12.1 Å². The number of hydrogen-bond donors (Lipinski definition) is 2. The number of halogens is 2. The summed E-state index contributed by atoms with van der Waals surface area (Å²) in [6.45, 7) is 0. The average molecular weight is 398 g/mol. The Balaban J connectivity index is 2.61. The maximum absolute atomic E-state index is 14.6. The number of ether oxygens (including phenoxy) is 3. The van der Waals surface area contributed by atoms with Crippen LogP contribution in [0.5, 0.6) is 17.2 Å². The van der Waals surface area contributed by atoms with E-state index in [1.807, 2.05) is 0 Å². The van der Waals surface area contributed by atoms with Gasteiger partial charge >= 0.3 is 17.6 Å². The van der Waals surface area contributed by atoms with Gasteiger partial charge in [0.25, 0.3) is 0 Å². The topological polar surface area (TPSA) is 151 Å². The van der Waals surface area contributed by atoms with Crippen LogP contribution in [0.25, 0.3) is 0 Å². The molecule has 2 rings (SSSR count). The van der Waals surface area contributed by atoms with Crippen LogP contribution in [-0.4, -0.2) is 36.2 Å². The van der Waals surface area contributed by atoms with Gasteiger partial charge in [0.15, 0.2) is 11.6 Å². The minimum absolute atomic E-state index is 0.230. The summed E-state index contributed by atoms with van der Waals surface area (Å²) in [7, 11) is 2.11. The molecular formula is C16H12F2N2O8. The van der Waals surface area contributed by atoms with Crippen molar-refractivity contribution in [1.29, 1.82) is 0 Å². The summed E-state index contributed by atoms with van der Waals surface area (Å²) in [6.07, 6.45) is 0. The molecule has 0 atom stereocenters. The van der Waals surface area contributed by atoms with Crippen LogP contribution < -0.4 is 19.9 Å². The number of carboxylic acid groups (broad SMARTS) is 1. The molecule has 0 aromatic heterocycles. The van der Waals surface area contributed by atoms with Crippen LogP contribution in [0.4, 0.5) is 20.2 Å². The standard InChI is InChI=1S/C16H12F2N2O8/c1-26-9-4-6(3-8(17)12(9)19)16(23)28-14-7(15(21)22)5-10(27-2)13(11(14)18)20(24)25/h3-5H,19H2,1-2H3,(H,21,22). The smallest absolute Gasteiger partial charge is 0.350 e. The zero-order valence-corrected chi connectivity index (χ0v) is 14.3. The van der Waals surface area contributed by atoms with E-state index in [1.54, 1.807) is 0 Å². The predicted octanol–water partition coefficient (Wildman–Crippen LogP) is 2.39. The number of carboxylic acids is 1. The molecule has 0 saturated carbocycles. The number of esters is 1. The quantitative estimate of drug-likeness (QED) is 0.246. The second kappa shape index (κ2) is 7.73. The van der Waals surface area contributed by atoms with Crippen molar-refractivity contribution < 1.29 is 42.6 Å². The number of methoxy groups -OCH3 is 2. The molecule has 0 saturated heterocycles. The summed E-state index contributed by atoms with van der Waals surface area (Å²) in [6, 6.07) is 2.24. The third-order valence-corrected chi connectivity index (χ3v) is 3.54. The molecule has 0 spiro atoms. The van der Waals surface area contributed by atoms with Crippen molar-refractivity contribution in [2.24, 2.45) is 0 Å². The van der Waals surface area contributed by atoms with Crippen molar-refractivity contribution in [3.63, 3.8) is 0 Å². The summed E-state index contributed by atoms with van der Waals surface area (Å²) in [5, 5.41) is 20.3. The third-order valence-electron chi connectivity index (χ3n) is 3.54. The Bertz CT molecular complexity index is 993. The number of benzene rings is 2. The molecule has 10 nitrogen and oxygen atoms in total. The highest BCUT2D eigenvalue weighted by atomic mass is 19.1. The van der Waals surface area contributed by atoms with Gasteiger partial charge in [-0.3, -0.25) is 10.1 Å². The van der Waals surface area contributed by atoms with Crippen molar-refractivity contribution in [1.82, 2.24) is 0 Å². The predicted molar refractivity (Wildman–Crippen MR) is 88.9 cm³/mol. The molecule has 0 amide bonds. The summed E-state index contributed by atoms with van der Waals surface area (Å²) in [5.41, 5.74) is 2.34. The van der Waals surface area contributed by atoms with Gasteiger partial charge in [0.1, 0.15) is 17.0 Å². The van der Waals surface area contributed by atoms with E-state index in [0.29, 0.717) is 12.1 Å². The van der Waals surface area contributed by atoms with E-state index in [0.717, 1.165) is 20.3 Å². The lowest BCUT2D eigenvalue weighted by atomic mass is 10.1. The first-order chi connectivity index (χ1) is 13.1. The van der Waals surface area contributed by atoms with Crippen LogP contribution in [-0.2, 0) is 0 Å². The number of nitrogens with two attached hydrogens (primary N) is 1. The summed E-state index contributed by atoms with van der Waals surface area (Å²) in [5.74, 6) is -8.12. The molecule has 0 aliphatic heterocycles. The SMILES string of the molecule is COc1cc(C(=O)Oc2c(C(=O)O)cc(OC)c([N+](=O)[O-])c2F)cc(F)c1N. The number of anilines is 1. The molecule has 3 N–H and O–H groups in total. The Labute approximate surface area is 155 Å². The highest BCUT2D eigenvalue weighted by Crippen LogP contribution is 2.39. The molecule has 2 aromatic rings. The number of carbonyl (C=O) groups is 2. The summed E-state index contributed by atoms with van der Waals surface area (Å²) >= 11 is 0. The maximum Gasteiger partial charge on any atom is 0.350 e. The Morgan fingerprint density at radius 1 is 1.14 bits per heavy atom. The van der Waals surface area contributed by atoms with E-state index in [-0.39, 0.29) is 5.75 Å². The second-order valence-electron chi connectivity index (χ2n) is 5.14. The van der Waals surface area contributed by atoms with E-state index < -0.39 is 62.5 Å². The third kappa shape index (κ3) is 3.60. The molecule has 148 valence electrons. The summed E-state index contributed by atoms with van der Waals surface area (Å²) < 4.78 is 42.5. The average Bonchev–Trinajstić information content (AvgIpc) is 2.64. The molecule has 0 bridgehead atoms. The monoisotopic (exact) mass is 398 g/mol. The lowest BCUT2D eigenvalue weighted by molar-refractivity contribution is -0.388. The van der Waals surface area contributed by atoms with Gasteiger partial charge in [0.05, 0.1) is 24.7 Å². The van der Waals surface area contributed by atoms with Crippen LogP contribution in [0.2, 0.25) is 0 Å². The van der Waals surface area contributed by atoms with Gasteiger partial charge in [-0.1, -0.05) is 0 Å². The zero-order chi connectivity index (χ0) is 21.2. The minimum atomic E-state index is -1.75. The number of nitrogen functional groups attached to an aromatic ring is 1. The summed E-state index contributed by atoms with van der Waals surface area (Å²) in [4.78, 5) is 33.5. The number of nitrogens with zero attached hydrogens (tertiary/aromatic N) is 1. The van der Waals surface area contributed by atoms with Crippen LogP contribution in [0.3, 0.4) is 0 Å². The highest BCUT2D eigenvalue weighted by Gasteiger charge is 2.33.